The van der Waals surface area contributed by atoms with Gasteiger partial charge in [-0.05, 0) is 24.8 Å². The largest absolute Gasteiger partial charge is 0.481 e. The lowest BCUT2D eigenvalue weighted by molar-refractivity contribution is -0.174. The van der Waals surface area contributed by atoms with E-state index >= 15 is 0 Å². The molecule has 3 aliphatic carbocycles. The lowest BCUT2D eigenvalue weighted by Gasteiger charge is -2.55. The molecule has 0 bridgehead atoms. The summed E-state index contributed by atoms with van der Waals surface area (Å²) in [5.74, 6) is -5.44. The Morgan fingerprint density at radius 1 is 1.15 bits per heavy atom. The zero-order valence-corrected chi connectivity index (χ0v) is 24.3. The average Bonchev–Trinajstić information content (AvgIpc) is 3.18. The van der Waals surface area contributed by atoms with Gasteiger partial charge < -0.3 is 24.2 Å². The van der Waals surface area contributed by atoms with E-state index in [4.69, 9.17) is 19.3 Å². The lowest BCUT2D eigenvalue weighted by atomic mass is 9.50. The summed E-state index contributed by atoms with van der Waals surface area (Å²) < 4.78 is 17.1. The number of carbonyl (C=O) groups excluding carboxylic acids is 5. The maximum absolute atomic E-state index is 14.0. The third-order valence-corrected chi connectivity index (χ3v) is 9.40. The van der Waals surface area contributed by atoms with Crippen molar-refractivity contribution < 1.29 is 48.1 Å². The van der Waals surface area contributed by atoms with E-state index in [0.717, 1.165) is 0 Å². The molecule has 0 aromatic carbocycles. The van der Waals surface area contributed by atoms with Crippen LogP contribution >= 0.6 is 0 Å². The first-order chi connectivity index (χ1) is 19.3. The van der Waals surface area contributed by atoms with E-state index in [1.807, 2.05) is 0 Å². The highest BCUT2D eigenvalue weighted by atomic mass is 16.6. The molecule has 4 aliphatic rings. The Hall–Kier alpha value is -3.34. The van der Waals surface area contributed by atoms with Crippen LogP contribution in [0.3, 0.4) is 0 Å². The molecular weight excluding hydrogens is 534 g/mol. The Morgan fingerprint density at radius 2 is 1.85 bits per heavy atom. The molecular formula is C30H39NO10. The fourth-order valence-electron chi connectivity index (χ4n) is 7.41. The van der Waals surface area contributed by atoms with Crippen molar-refractivity contribution >= 4 is 35.3 Å². The van der Waals surface area contributed by atoms with Crippen LogP contribution < -0.4 is 0 Å². The average molecular weight is 574 g/mol. The number of hydrogen-bond donors (Lipinski definition) is 1. The van der Waals surface area contributed by atoms with Crippen LogP contribution in [-0.2, 0) is 43.0 Å². The van der Waals surface area contributed by atoms with Crippen LogP contribution in [0.1, 0.15) is 65.7 Å². The normalized spacial score (nSPS) is 33.7. The summed E-state index contributed by atoms with van der Waals surface area (Å²) in [4.78, 5) is 79.2. The fourth-order valence-corrected chi connectivity index (χ4v) is 7.41. The first-order valence-electron chi connectivity index (χ1n) is 14.1. The van der Waals surface area contributed by atoms with Crippen molar-refractivity contribution in [3.05, 3.63) is 22.9 Å². The molecule has 0 aromatic rings. The fraction of sp³-hybridized carbons (Fsp3) is 0.667. The van der Waals surface area contributed by atoms with Gasteiger partial charge in [0.1, 0.15) is 18.0 Å². The van der Waals surface area contributed by atoms with Crippen molar-refractivity contribution in [2.45, 2.75) is 77.9 Å². The molecule has 1 N–H and O–H groups in total. The summed E-state index contributed by atoms with van der Waals surface area (Å²) in [5.41, 5.74) is -1.55. The number of rotatable bonds is 10. The number of fused-ring (bicyclic) bond motifs is 4. The van der Waals surface area contributed by atoms with Crippen molar-refractivity contribution in [2.24, 2.45) is 22.7 Å². The second kappa shape index (κ2) is 11.5. The lowest BCUT2D eigenvalue weighted by Crippen LogP contribution is -2.62. The van der Waals surface area contributed by atoms with Gasteiger partial charge in [-0.25, -0.2) is 4.79 Å². The number of cyclic esters (lactones) is 1. The van der Waals surface area contributed by atoms with Gasteiger partial charge in [0.05, 0.1) is 18.1 Å². The van der Waals surface area contributed by atoms with Crippen molar-refractivity contribution in [3.8, 4) is 0 Å². The number of hydrogen-bond acceptors (Lipinski definition) is 10. The van der Waals surface area contributed by atoms with Gasteiger partial charge in [0, 0.05) is 75.4 Å². The van der Waals surface area contributed by atoms with E-state index in [0.29, 0.717) is 37.8 Å². The second-order valence-electron chi connectivity index (χ2n) is 12.1. The number of nitrogens with zero attached hydrogens (tertiary/aromatic N) is 1. The maximum atomic E-state index is 14.0. The number of ether oxygens (including phenoxy) is 3. The van der Waals surface area contributed by atoms with Crippen LogP contribution in [-0.4, -0.2) is 84.8 Å². The van der Waals surface area contributed by atoms with Crippen LogP contribution in [0, 0.1) is 22.7 Å². The highest BCUT2D eigenvalue weighted by Gasteiger charge is 2.67. The summed E-state index contributed by atoms with van der Waals surface area (Å²) in [7, 11) is 3.17. The Morgan fingerprint density at radius 3 is 2.49 bits per heavy atom. The Labute approximate surface area is 239 Å². The zero-order valence-electron chi connectivity index (χ0n) is 24.3. The first-order valence-corrected chi connectivity index (χ1v) is 14.1. The highest BCUT2D eigenvalue weighted by Crippen LogP contribution is 2.62. The van der Waals surface area contributed by atoms with Gasteiger partial charge in [-0.1, -0.05) is 20.3 Å². The van der Waals surface area contributed by atoms with E-state index in [1.165, 1.54) is 20.2 Å². The number of carbonyl (C=O) groups is 6. The molecule has 11 heteroatoms. The second-order valence-corrected chi connectivity index (χ2v) is 12.1. The maximum Gasteiger partial charge on any atom is 0.336 e. The molecule has 0 amide bonds. The summed E-state index contributed by atoms with van der Waals surface area (Å²) in [6.45, 7) is 5.20. The number of allylic oxidation sites excluding steroid dienone is 1. The molecule has 224 valence electrons. The molecule has 1 unspecified atom stereocenters. The molecule has 1 saturated heterocycles. The number of ketones is 3. The summed E-state index contributed by atoms with van der Waals surface area (Å²) in [6.07, 6.45) is 2.35. The summed E-state index contributed by atoms with van der Waals surface area (Å²) >= 11 is 0. The molecule has 1 aliphatic heterocycles. The minimum Gasteiger partial charge on any atom is -0.481 e. The summed E-state index contributed by atoms with van der Waals surface area (Å²) in [6, 6.07) is 0. The van der Waals surface area contributed by atoms with Gasteiger partial charge in [-0.15, -0.1) is 0 Å². The molecule has 2 fully saturated rings. The number of aliphatic carboxylic acids is 1. The molecule has 1 heterocycles. The Kier molecular flexibility index (Phi) is 8.59. The molecule has 41 heavy (non-hydrogen) atoms. The van der Waals surface area contributed by atoms with Crippen LogP contribution in [0.25, 0.3) is 0 Å². The minimum atomic E-state index is -1.27. The molecule has 4 rings (SSSR count). The molecule has 0 radical (unpaired) electrons. The first kappa shape index (κ1) is 30.6. The third-order valence-electron chi connectivity index (χ3n) is 9.40. The van der Waals surface area contributed by atoms with Gasteiger partial charge in [0.25, 0.3) is 0 Å². The Balaban J connectivity index is 1.81. The van der Waals surface area contributed by atoms with Crippen LogP contribution in [0.4, 0.5) is 0 Å². The quantitative estimate of drug-likeness (QED) is 0.177. The predicted octanol–water partition coefficient (Wildman–Crippen LogP) is 2.41. The zero-order chi connectivity index (χ0) is 30.3. The summed E-state index contributed by atoms with van der Waals surface area (Å²) in [5, 5.41) is 8.85. The highest BCUT2D eigenvalue weighted by molar-refractivity contribution is 6.47. The Bertz CT molecular complexity index is 1230. The van der Waals surface area contributed by atoms with Crippen molar-refractivity contribution in [3.63, 3.8) is 0 Å². The molecule has 0 aromatic heterocycles. The van der Waals surface area contributed by atoms with Gasteiger partial charge >= 0.3 is 17.9 Å². The van der Waals surface area contributed by atoms with E-state index in [1.54, 1.807) is 25.8 Å². The van der Waals surface area contributed by atoms with E-state index in [-0.39, 0.29) is 42.8 Å². The van der Waals surface area contributed by atoms with Crippen LogP contribution in [0.15, 0.2) is 22.9 Å². The van der Waals surface area contributed by atoms with Crippen molar-refractivity contribution in [1.82, 2.24) is 4.90 Å². The van der Waals surface area contributed by atoms with E-state index < -0.39 is 64.3 Å². The van der Waals surface area contributed by atoms with E-state index in [2.05, 4.69) is 0 Å². The number of unbranched alkanes of at least 4 members (excludes halogenated alkanes) is 2. The number of Topliss-reactive ketones (excluding diaryl/α,β-unsaturated/α-hetero) is 3. The van der Waals surface area contributed by atoms with Gasteiger partial charge in [-0.3, -0.25) is 24.0 Å². The molecule has 1 saturated carbocycles. The number of carboxylic acids is 1. The standard InChI is InChI=1S/C30H39NO10/c1-16(32)40-19-13-29(2)18(10-11-20(29)33)23-25(19)30(3)21(15-39-5)41-28(38)17(24(30)27(37)26(23)36)14-31(4)12-8-6-7-9-22(34)35/h14,18-19,21,24H,6-13,15H2,1-5H3,(H,34,35)/b17-14-/t18-,19+,21+,24?,29-,30-/m0/s1. The van der Waals surface area contributed by atoms with Crippen LogP contribution in [0.2, 0.25) is 0 Å². The monoisotopic (exact) mass is 573 g/mol. The van der Waals surface area contributed by atoms with Crippen LogP contribution in [0.5, 0.6) is 0 Å². The van der Waals surface area contributed by atoms with Crippen molar-refractivity contribution in [1.29, 1.82) is 0 Å². The topological polar surface area (TPSA) is 154 Å². The third kappa shape index (κ3) is 5.24. The molecule has 0 spiro atoms. The number of carboxylic acid groups (broad SMARTS) is 1. The van der Waals surface area contributed by atoms with E-state index in [9.17, 15) is 28.8 Å². The molecule has 6 atom stereocenters. The predicted molar refractivity (Wildman–Crippen MR) is 143 cm³/mol. The van der Waals surface area contributed by atoms with Gasteiger partial charge in [0.15, 0.2) is 0 Å². The van der Waals surface area contributed by atoms with Gasteiger partial charge in [0.2, 0.25) is 11.6 Å². The van der Waals surface area contributed by atoms with Gasteiger partial charge in [-0.2, -0.15) is 0 Å². The minimum absolute atomic E-state index is 0.0233. The number of methoxy groups -OCH3 is 1. The van der Waals surface area contributed by atoms with Crippen molar-refractivity contribution in [2.75, 3.05) is 27.3 Å². The molecule has 11 nitrogen and oxygen atoms in total. The smallest absolute Gasteiger partial charge is 0.336 e. The number of esters is 2. The SMILES string of the molecule is COC[C@H]1OC(=O)/C(=C\N(C)CCCCCC(=O)O)C2C(=O)C(=O)C3=C([C@H](OC(C)=O)C[C@]4(C)C(=O)CC[C@@H]34)[C@]21C.